The van der Waals surface area contributed by atoms with Crippen LogP contribution in [0, 0.1) is 13.8 Å². The highest BCUT2D eigenvalue weighted by molar-refractivity contribution is 9.10. The van der Waals surface area contributed by atoms with Gasteiger partial charge in [-0.15, -0.1) is 0 Å². The van der Waals surface area contributed by atoms with E-state index in [0.717, 1.165) is 37.8 Å². The summed E-state index contributed by atoms with van der Waals surface area (Å²) in [4.78, 5) is 39.3. The molecule has 1 aliphatic heterocycles. The highest BCUT2D eigenvalue weighted by atomic mass is 79.9. The molecule has 0 aromatic heterocycles. The minimum Gasteiger partial charge on any atom is -0.493 e. The fourth-order valence-corrected chi connectivity index (χ4v) is 5.37. The van der Waals surface area contributed by atoms with Gasteiger partial charge in [0.1, 0.15) is 13.2 Å². The number of imide groups is 1. The molecule has 0 bridgehead atoms. The lowest BCUT2D eigenvalue weighted by molar-refractivity contribution is -0.127. The van der Waals surface area contributed by atoms with Crippen LogP contribution in [-0.4, -0.2) is 35.6 Å². The van der Waals surface area contributed by atoms with E-state index in [1.54, 1.807) is 18.2 Å². The fourth-order valence-electron chi connectivity index (χ4n) is 3.69. The van der Waals surface area contributed by atoms with Crippen LogP contribution in [0.15, 0.2) is 68.4 Å². The predicted molar refractivity (Wildman–Crippen MR) is 156 cm³/mol. The van der Waals surface area contributed by atoms with Crippen molar-refractivity contribution in [2.45, 2.75) is 20.5 Å². The Balaban J connectivity index is 1.47. The summed E-state index contributed by atoms with van der Waals surface area (Å²) in [5, 5.41) is 2.28. The summed E-state index contributed by atoms with van der Waals surface area (Å²) in [7, 11) is 1.53. The lowest BCUT2D eigenvalue weighted by Crippen LogP contribution is -2.36. The molecule has 1 fully saturated rings. The number of thioether (sulfide) groups is 1. The Hall–Kier alpha value is -3.08. The van der Waals surface area contributed by atoms with Gasteiger partial charge in [0.2, 0.25) is 5.91 Å². The van der Waals surface area contributed by atoms with Crippen molar-refractivity contribution in [1.82, 2.24) is 4.90 Å². The molecule has 0 atom stereocenters. The number of hydrogen-bond donors (Lipinski definition) is 1. The van der Waals surface area contributed by atoms with Crippen LogP contribution in [0.2, 0.25) is 0 Å². The SMILES string of the molecule is COc1cc(/C=C2/SC(=O)N(CC(=O)Nc3cc(C)ccc3C)C2=O)cc(Br)c1OCc1ccc(Br)cc1. The molecule has 1 aliphatic rings. The number of nitrogens with one attached hydrogen (secondary N) is 1. The average Bonchev–Trinajstić information content (AvgIpc) is 3.13. The molecule has 0 radical (unpaired) electrons. The van der Waals surface area contributed by atoms with E-state index in [1.165, 1.54) is 7.11 Å². The van der Waals surface area contributed by atoms with Crippen LogP contribution in [0.4, 0.5) is 10.5 Å². The standard InChI is InChI=1S/C28H24Br2N2O5S/c1-16-4-5-17(2)22(10-16)31-25(33)14-32-27(34)24(38-28(32)35)13-19-11-21(30)26(23(12-19)36-3)37-15-18-6-8-20(29)9-7-18/h4-13H,14-15H2,1-3H3,(H,31,33)/b24-13+. The Morgan fingerprint density at radius 3 is 2.50 bits per heavy atom. The van der Waals surface area contributed by atoms with Crippen molar-refractivity contribution in [3.8, 4) is 11.5 Å². The van der Waals surface area contributed by atoms with Gasteiger partial charge in [0.15, 0.2) is 11.5 Å². The van der Waals surface area contributed by atoms with Gasteiger partial charge >= 0.3 is 0 Å². The highest BCUT2D eigenvalue weighted by Crippen LogP contribution is 2.39. The number of amides is 3. The van der Waals surface area contributed by atoms with Gasteiger partial charge in [0.05, 0.1) is 16.5 Å². The number of benzene rings is 3. The average molecular weight is 660 g/mol. The number of aryl methyl sites for hydroxylation is 2. The number of carbonyl (C=O) groups is 3. The molecule has 1 saturated heterocycles. The second-order valence-corrected chi connectivity index (χ2v) is 11.3. The van der Waals surface area contributed by atoms with Gasteiger partial charge in [-0.05, 0) is 100 Å². The van der Waals surface area contributed by atoms with Gasteiger partial charge in [-0.1, -0.05) is 40.2 Å². The molecular formula is C28H24Br2N2O5S. The molecule has 38 heavy (non-hydrogen) atoms. The third kappa shape index (κ3) is 6.67. The number of hydrogen-bond acceptors (Lipinski definition) is 6. The Morgan fingerprint density at radius 2 is 1.79 bits per heavy atom. The van der Waals surface area contributed by atoms with Crippen LogP contribution in [-0.2, 0) is 16.2 Å². The molecule has 1 N–H and O–H groups in total. The van der Waals surface area contributed by atoms with Crippen LogP contribution in [0.3, 0.4) is 0 Å². The molecule has 0 saturated carbocycles. The molecule has 1 heterocycles. The number of nitrogens with zero attached hydrogens (tertiary/aromatic N) is 1. The Labute approximate surface area is 241 Å². The van der Waals surface area contributed by atoms with Crippen molar-refractivity contribution in [1.29, 1.82) is 0 Å². The van der Waals surface area contributed by atoms with Crippen LogP contribution in [0.5, 0.6) is 11.5 Å². The first-order chi connectivity index (χ1) is 18.1. The number of rotatable bonds is 8. The van der Waals surface area contributed by atoms with Gasteiger partial charge < -0.3 is 14.8 Å². The third-order valence-electron chi connectivity index (χ3n) is 5.69. The molecule has 3 amide bonds. The molecule has 4 rings (SSSR count). The highest BCUT2D eigenvalue weighted by Gasteiger charge is 2.36. The number of ether oxygens (including phenoxy) is 2. The fraction of sp³-hybridized carbons (Fsp3) is 0.179. The maximum absolute atomic E-state index is 13.0. The van der Waals surface area contributed by atoms with Crippen molar-refractivity contribution in [3.05, 3.63) is 90.7 Å². The van der Waals surface area contributed by atoms with Gasteiger partial charge in [-0.3, -0.25) is 19.3 Å². The first-order valence-electron chi connectivity index (χ1n) is 11.5. The summed E-state index contributed by atoms with van der Waals surface area (Å²) >= 11 is 7.73. The van der Waals surface area contributed by atoms with Crippen molar-refractivity contribution < 1.29 is 23.9 Å². The van der Waals surface area contributed by atoms with Crippen molar-refractivity contribution in [2.24, 2.45) is 0 Å². The minimum atomic E-state index is -0.526. The predicted octanol–water partition coefficient (Wildman–Crippen LogP) is 7.09. The van der Waals surface area contributed by atoms with E-state index in [4.69, 9.17) is 9.47 Å². The summed E-state index contributed by atoms with van der Waals surface area (Å²) in [6.45, 7) is 3.77. The molecular weight excluding hydrogens is 636 g/mol. The largest absolute Gasteiger partial charge is 0.493 e. The van der Waals surface area contributed by atoms with Crippen LogP contribution in [0.25, 0.3) is 6.08 Å². The van der Waals surface area contributed by atoms with Crippen molar-refractivity contribution in [2.75, 3.05) is 19.0 Å². The number of halogens is 2. The molecule has 0 unspecified atom stereocenters. The van der Waals surface area contributed by atoms with E-state index in [1.807, 2.05) is 56.3 Å². The van der Waals surface area contributed by atoms with E-state index in [0.29, 0.717) is 33.8 Å². The van der Waals surface area contributed by atoms with E-state index in [-0.39, 0.29) is 11.4 Å². The zero-order chi connectivity index (χ0) is 27.4. The van der Waals surface area contributed by atoms with Gasteiger partial charge in [-0.2, -0.15) is 0 Å². The Bertz CT molecular complexity index is 1440. The van der Waals surface area contributed by atoms with Crippen LogP contribution in [0.1, 0.15) is 22.3 Å². The van der Waals surface area contributed by atoms with E-state index < -0.39 is 17.1 Å². The molecule has 10 heteroatoms. The normalized spacial score (nSPS) is 14.2. The summed E-state index contributed by atoms with van der Waals surface area (Å²) in [6.07, 6.45) is 1.60. The molecule has 7 nitrogen and oxygen atoms in total. The molecule has 0 spiro atoms. The minimum absolute atomic E-state index is 0.215. The Kier molecular flexibility index (Phi) is 8.96. The van der Waals surface area contributed by atoms with Crippen molar-refractivity contribution >= 4 is 72.4 Å². The molecule has 3 aromatic carbocycles. The number of carbonyl (C=O) groups excluding carboxylic acids is 3. The summed E-state index contributed by atoms with van der Waals surface area (Å²) in [5.41, 5.74) is 4.15. The van der Waals surface area contributed by atoms with E-state index in [9.17, 15) is 14.4 Å². The maximum atomic E-state index is 13.0. The topological polar surface area (TPSA) is 84.9 Å². The lowest BCUT2D eigenvalue weighted by atomic mass is 10.1. The summed E-state index contributed by atoms with van der Waals surface area (Å²) in [5.74, 6) is 0.0133. The van der Waals surface area contributed by atoms with Crippen LogP contribution >= 0.6 is 43.6 Å². The zero-order valence-corrected chi connectivity index (χ0v) is 24.8. The van der Waals surface area contributed by atoms with E-state index in [2.05, 4.69) is 37.2 Å². The maximum Gasteiger partial charge on any atom is 0.294 e. The van der Waals surface area contributed by atoms with Crippen LogP contribution < -0.4 is 14.8 Å². The quantitative estimate of drug-likeness (QED) is 0.260. The number of methoxy groups -OCH3 is 1. The molecule has 196 valence electrons. The zero-order valence-electron chi connectivity index (χ0n) is 20.8. The monoisotopic (exact) mass is 658 g/mol. The molecule has 0 aliphatic carbocycles. The third-order valence-corrected chi connectivity index (χ3v) is 7.71. The van der Waals surface area contributed by atoms with Gasteiger partial charge in [-0.25, -0.2) is 0 Å². The summed E-state index contributed by atoms with van der Waals surface area (Å²) < 4.78 is 13.1. The summed E-state index contributed by atoms with van der Waals surface area (Å²) in [6, 6.07) is 17.0. The van der Waals surface area contributed by atoms with E-state index >= 15 is 0 Å². The Morgan fingerprint density at radius 1 is 1.05 bits per heavy atom. The second kappa shape index (κ2) is 12.2. The number of anilines is 1. The lowest BCUT2D eigenvalue weighted by Gasteiger charge is -2.14. The van der Waals surface area contributed by atoms with Gasteiger partial charge in [0, 0.05) is 10.2 Å². The molecule has 3 aromatic rings. The smallest absolute Gasteiger partial charge is 0.294 e. The first kappa shape index (κ1) is 27.9. The second-order valence-electron chi connectivity index (χ2n) is 8.58. The van der Waals surface area contributed by atoms with Gasteiger partial charge in [0.25, 0.3) is 11.1 Å². The van der Waals surface area contributed by atoms with Crippen molar-refractivity contribution in [3.63, 3.8) is 0 Å². The first-order valence-corrected chi connectivity index (χ1v) is 13.9.